The molecule has 0 saturated carbocycles. The average Bonchev–Trinajstić information content (AvgIpc) is 2.62. The number of likely N-dealkylation sites (tertiary alicyclic amines) is 1. The number of benzene rings is 1. The average molecular weight is 313 g/mol. The van der Waals surface area contributed by atoms with Gasteiger partial charge in [0.2, 0.25) is 5.91 Å². The molecule has 0 spiro atoms. The highest BCUT2D eigenvalue weighted by atomic mass is 19.1. The second-order valence-corrected chi connectivity index (χ2v) is 5.94. The summed E-state index contributed by atoms with van der Waals surface area (Å²) >= 11 is 0. The topological polar surface area (TPSA) is 46.1 Å². The summed E-state index contributed by atoms with van der Waals surface area (Å²) in [7, 11) is 0. The Balaban J connectivity index is 1.55. The lowest BCUT2D eigenvalue weighted by Crippen LogP contribution is -2.39. The summed E-state index contributed by atoms with van der Waals surface area (Å²) in [6.07, 6.45) is 6.47. The summed E-state index contributed by atoms with van der Waals surface area (Å²) in [5.74, 6) is 0.207. The van der Waals surface area contributed by atoms with Crippen molar-refractivity contribution in [1.82, 2.24) is 14.9 Å². The highest BCUT2D eigenvalue weighted by Crippen LogP contribution is 2.25. The minimum absolute atomic E-state index is 0.160. The van der Waals surface area contributed by atoms with Gasteiger partial charge in [-0.25, -0.2) is 14.4 Å². The summed E-state index contributed by atoms with van der Waals surface area (Å²) < 4.78 is 12.9. The molecule has 1 amide bonds. The summed E-state index contributed by atoms with van der Waals surface area (Å²) in [4.78, 5) is 22.6. The van der Waals surface area contributed by atoms with Gasteiger partial charge in [-0.1, -0.05) is 12.1 Å². The number of aryl methyl sites for hydroxylation is 1. The molecule has 1 unspecified atom stereocenters. The van der Waals surface area contributed by atoms with Crippen LogP contribution in [0.15, 0.2) is 42.9 Å². The largest absolute Gasteiger partial charge is 0.342 e. The number of carbonyl (C=O) groups is 1. The van der Waals surface area contributed by atoms with Crippen LogP contribution in [0.1, 0.15) is 36.4 Å². The summed E-state index contributed by atoms with van der Waals surface area (Å²) in [6.45, 7) is 1.53. The van der Waals surface area contributed by atoms with E-state index in [0.717, 1.165) is 37.2 Å². The van der Waals surface area contributed by atoms with E-state index in [1.165, 1.54) is 12.1 Å². The minimum Gasteiger partial charge on any atom is -0.342 e. The molecule has 5 heteroatoms. The standard InChI is InChI=1S/C18H20FN3O/c19-16-6-3-14(4-7-16)5-8-18(23)22-11-1-2-15(12-22)17-9-10-20-13-21-17/h3-4,6-7,9-10,13,15H,1-2,5,8,11-12H2. The smallest absolute Gasteiger partial charge is 0.222 e. The van der Waals surface area contributed by atoms with E-state index in [-0.39, 0.29) is 11.7 Å². The first-order chi connectivity index (χ1) is 11.2. The number of hydrogen-bond acceptors (Lipinski definition) is 3. The second kappa shape index (κ2) is 7.31. The summed E-state index contributed by atoms with van der Waals surface area (Å²) in [5.41, 5.74) is 2.00. The van der Waals surface area contributed by atoms with E-state index < -0.39 is 0 Å². The fraction of sp³-hybridized carbons (Fsp3) is 0.389. The lowest BCUT2D eigenvalue weighted by atomic mass is 9.94. The molecule has 1 aliphatic rings. The molecule has 4 nitrogen and oxygen atoms in total. The van der Waals surface area contributed by atoms with Crippen LogP contribution in [-0.4, -0.2) is 33.9 Å². The van der Waals surface area contributed by atoms with Crippen molar-refractivity contribution in [3.05, 3.63) is 59.9 Å². The van der Waals surface area contributed by atoms with Crippen molar-refractivity contribution in [2.75, 3.05) is 13.1 Å². The predicted octanol–water partition coefficient (Wildman–Crippen LogP) is 2.95. The van der Waals surface area contributed by atoms with Gasteiger partial charge >= 0.3 is 0 Å². The highest BCUT2D eigenvalue weighted by Gasteiger charge is 2.25. The zero-order valence-electron chi connectivity index (χ0n) is 13.0. The van der Waals surface area contributed by atoms with Gasteiger partial charge in [-0.15, -0.1) is 0 Å². The Hall–Kier alpha value is -2.30. The quantitative estimate of drug-likeness (QED) is 0.872. The van der Waals surface area contributed by atoms with Gasteiger partial charge in [0.15, 0.2) is 0 Å². The molecule has 3 rings (SSSR count). The predicted molar refractivity (Wildman–Crippen MR) is 85.3 cm³/mol. The third kappa shape index (κ3) is 4.12. The van der Waals surface area contributed by atoms with Crippen LogP contribution in [0.3, 0.4) is 0 Å². The van der Waals surface area contributed by atoms with Crippen molar-refractivity contribution < 1.29 is 9.18 Å². The van der Waals surface area contributed by atoms with Crippen LogP contribution in [0.4, 0.5) is 4.39 Å². The zero-order valence-corrected chi connectivity index (χ0v) is 13.0. The number of rotatable bonds is 4. The monoisotopic (exact) mass is 313 g/mol. The van der Waals surface area contributed by atoms with Gasteiger partial charge in [-0.2, -0.15) is 0 Å². The van der Waals surface area contributed by atoms with Crippen LogP contribution in [0.5, 0.6) is 0 Å². The summed E-state index contributed by atoms with van der Waals surface area (Å²) in [6, 6.07) is 8.28. The lowest BCUT2D eigenvalue weighted by Gasteiger charge is -2.32. The number of carbonyl (C=O) groups excluding carboxylic acids is 1. The van der Waals surface area contributed by atoms with Gasteiger partial charge < -0.3 is 4.90 Å². The SMILES string of the molecule is O=C(CCc1ccc(F)cc1)N1CCCC(c2ccncn2)C1. The van der Waals surface area contributed by atoms with Crippen molar-refractivity contribution in [2.45, 2.75) is 31.6 Å². The molecule has 1 fully saturated rings. The Morgan fingerprint density at radius 2 is 2.09 bits per heavy atom. The Morgan fingerprint density at radius 1 is 1.26 bits per heavy atom. The molecule has 1 aliphatic heterocycles. The molecule has 1 aromatic carbocycles. The number of halogens is 1. The fourth-order valence-electron chi connectivity index (χ4n) is 3.05. The Morgan fingerprint density at radius 3 is 2.83 bits per heavy atom. The fourth-order valence-corrected chi connectivity index (χ4v) is 3.05. The van der Waals surface area contributed by atoms with Crippen molar-refractivity contribution in [2.24, 2.45) is 0 Å². The van der Waals surface area contributed by atoms with E-state index in [4.69, 9.17) is 0 Å². The van der Waals surface area contributed by atoms with Gasteiger partial charge in [0.1, 0.15) is 12.1 Å². The molecule has 0 radical (unpaired) electrons. The van der Waals surface area contributed by atoms with Crippen LogP contribution in [-0.2, 0) is 11.2 Å². The molecular formula is C18H20FN3O. The first-order valence-corrected chi connectivity index (χ1v) is 8.00. The maximum atomic E-state index is 12.9. The number of nitrogens with zero attached hydrogens (tertiary/aromatic N) is 3. The third-order valence-electron chi connectivity index (χ3n) is 4.34. The van der Waals surface area contributed by atoms with Crippen molar-refractivity contribution in [1.29, 1.82) is 0 Å². The van der Waals surface area contributed by atoms with Crippen LogP contribution >= 0.6 is 0 Å². The maximum absolute atomic E-state index is 12.9. The maximum Gasteiger partial charge on any atom is 0.222 e. The van der Waals surface area contributed by atoms with E-state index >= 15 is 0 Å². The van der Waals surface area contributed by atoms with E-state index in [0.29, 0.717) is 18.8 Å². The molecule has 0 N–H and O–H groups in total. The molecule has 1 aromatic heterocycles. The van der Waals surface area contributed by atoms with E-state index in [2.05, 4.69) is 9.97 Å². The van der Waals surface area contributed by atoms with Gasteiger partial charge in [-0.3, -0.25) is 4.79 Å². The van der Waals surface area contributed by atoms with Gasteiger partial charge in [0.25, 0.3) is 0 Å². The van der Waals surface area contributed by atoms with E-state index in [9.17, 15) is 9.18 Å². The van der Waals surface area contributed by atoms with Crippen molar-refractivity contribution >= 4 is 5.91 Å². The first kappa shape index (κ1) is 15.6. The molecule has 0 bridgehead atoms. The normalized spacial score (nSPS) is 18.0. The summed E-state index contributed by atoms with van der Waals surface area (Å²) in [5, 5.41) is 0. The van der Waals surface area contributed by atoms with Crippen LogP contribution < -0.4 is 0 Å². The molecule has 23 heavy (non-hydrogen) atoms. The minimum atomic E-state index is -0.246. The van der Waals surface area contributed by atoms with Crippen molar-refractivity contribution in [3.63, 3.8) is 0 Å². The number of aromatic nitrogens is 2. The van der Waals surface area contributed by atoms with Crippen LogP contribution in [0.2, 0.25) is 0 Å². The molecule has 2 aromatic rings. The van der Waals surface area contributed by atoms with Gasteiger partial charge in [0.05, 0.1) is 0 Å². The van der Waals surface area contributed by atoms with Gasteiger partial charge in [0, 0.05) is 37.3 Å². The van der Waals surface area contributed by atoms with E-state index in [1.54, 1.807) is 24.7 Å². The Kier molecular flexibility index (Phi) is 4.95. The number of piperidine rings is 1. The number of amides is 1. The lowest BCUT2D eigenvalue weighted by molar-refractivity contribution is -0.132. The zero-order chi connectivity index (χ0) is 16.1. The molecule has 0 aliphatic carbocycles. The Bertz CT molecular complexity index is 645. The molecule has 2 heterocycles. The molecule has 1 atom stereocenters. The Labute approximate surface area is 135 Å². The highest BCUT2D eigenvalue weighted by molar-refractivity contribution is 5.76. The van der Waals surface area contributed by atoms with Crippen molar-refractivity contribution in [3.8, 4) is 0 Å². The van der Waals surface area contributed by atoms with Crippen LogP contribution in [0.25, 0.3) is 0 Å². The molecule has 120 valence electrons. The first-order valence-electron chi connectivity index (χ1n) is 8.00. The number of hydrogen-bond donors (Lipinski definition) is 0. The third-order valence-corrected chi connectivity index (χ3v) is 4.34. The van der Waals surface area contributed by atoms with Crippen LogP contribution in [0, 0.1) is 5.82 Å². The second-order valence-electron chi connectivity index (χ2n) is 5.94. The van der Waals surface area contributed by atoms with Gasteiger partial charge in [-0.05, 0) is 43.0 Å². The molecular weight excluding hydrogens is 293 g/mol. The molecule has 1 saturated heterocycles. The van der Waals surface area contributed by atoms with E-state index in [1.807, 2.05) is 11.0 Å².